The maximum Gasteiger partial charge on any atom is 0.243 e. The molecule has 1 atom stereocenters. The molecule has 3 rings (SSSR count). The van der Waals surface area contributed by atoms with Crippen molar-refractivity contribution in [3.05, 3.63) is 70.2 Å². The topological polar surface area (TPSA) is 49.4 Å². The second-order valence-corrected chi connectivity index (χ2v) is 10.3. The molecule has 0 unspecified atom stereocenters. The summed E-state index contributed by atoms with van der Waals surface area (Å²) in [6.07, 6.45) is 6.19. The van der Waals surface area contributed by atoms with E-state index >= 15 is 0 Å². The number of hydrogen-bond donors (Lipinski definition) is 1. The minimum Gasteiger partial charge on any atom is -0.352 e. The standard InChI is InChI=1S/C27H35ClN2O2S/c1-3-25(27(32)29-24-7-5-4-6-8-24)30(17-21-13-15-23(28)16-14-21)26(31)19-33-18-22-11-9-20(2)10-12-22/h9-16,24-25H,3-8,17-19H2,1-2H3,(H,29,32)/t25-/m1/s1. The molecular formula is C27H35ClN2O2S. The minimum atomic E-state index is -0.477. The lowest BCUT2D eigenvalue weighted by Crippen LogP contribution is -2.52. The van der Waals surface area contributed by atoms with Crippen LogP contribution in [0.2, 0.25) is 5.02 Å². The number of nitrogens with zero attached hydrogens (tertiary/aromatic N) is 1. The lowest BCUT2D eigenvalue weighted by molar-refractivity contribution is -0.139. The van der Waals surface area contributed by atoms with Crippen molar-refractivity contribution in [1.29, 1.82) is 0 Å². The van der Waals surface area contributed by atoms with Crippen LogP contribution in [-0.4, -0.2) is 34.6 Å². The van der Waals surface area contributed by atoms with Crippen LogP contribution < -0.4 is 5.32 Å². The van der Waals surface area contributed by atoms with Crippen LogP contribution in [0.5, 0.6) is 0 Å². The van der Waals surface area contributed by atoms with Gasteiger partial charge in [-0.1, -0.05) is 79.7 Å². The molecule has 0 bridgehead atoms. The van der Waals surface area contributed by atoms with Crippen LogP contribution in [0, 0.1) is 6.92 Å². The number of hydrogen-bond acceptors (Lipinski definition) is 3. The molecule has 33 heavy (non-hydrogen) atoms. The Hall–Kier alpha value is -1.98. The van der Waals surface area contributed by atoms with Crippen molar-refractivity contribution >= 4 is 35.2 Å². The Balaban J connectivity index is 1.68. The molecule has 0 aromatic heterocycles. The van der Waals surface area contributed by atoms with Gasteiger partial charge in [-0.05, 0) is 49.4 Å². The Morgan fingerprint density at radius 1 is 1.03 bits per heavy atom. The zero-order valence-corrected chi connectivity index (χ0v) is 21.3. The normalized spacial score (nSPS) is 15.1. The Morgan fingerprint density at radius 3 is 2.30 bits per heavy atom. The SMILES string of the molecule is CC[C@H](C(=O)NC1CCCCC1)N(Cc1ccc(Cl)cc1)C(=O)CSCc1ccc(C)cc1. The summed E-state index contributed by atoms with van der Waals surface area (Å²) in [5.74, 6) is 1.07. The van der Waals surface area contributed by atoms with Crippen molar-refractivity contribution in [3.63, 3.8) is 0 Å². The summed E-state index contributed by atoms with van der Waals surface area (Å²) in [5, 5.41) is 3.89. The smallest absolute Gasteiger partial charge is 0.243 e. The summed E-state index contributed by atoms with van der Waals surface area (Å²) in [4.78, 5) is 28.3. The van der Waals surface area contributed by atoms with Crippen molar-refractivity contribution in [2.24, 2.45) is 0 Å². The summed E-state index contributed by atoms with van der Waals surface area (Å²) in [6, 6.07) is 15.6. The molecule has 4 nitrogen and oxygen atoms in total. The van der Waals surface area contributed by atoms with Gasteiger partial charge >= 0.3 is 0 Å². The largest absolute Gasteiger partial charge is 0.352 e. The van der Waals surface area contributed by atoms with Crippen LogP contribution in [-0.2, 0) is 21.9 Å². The predicted octanol–water partition coefficient (Wildman–Crippen LogP) is 6.14. The summed E-state index contributed by atoms with van der Waals surface area (Å²) < 4.78 is 0. The van der Waals surface area contributed by atoms with Gasteiger partial charge in [0.15, 0.2) is 0 Å². The van der Waals surface area contributed by atoms with E-state index in [2.05, 4.69) is 36.5 Å². The first-order valence-electron chi connectivity index (χ1n) is 11.9. The van der Waals surface area contributed by atoms with Gasteiger partial charge in [-0.2, -0.15) is 0 Å². The maximum atomic E-state index is 13.4. The van der Waals surface area contributed by atoms with Gasteiger partial charge in [-0.25, -0.2) is 0 Å². The van der Waals surface area contributed by atoms with E-state index in [9.17, 15) is 9.59 Å². The average molecular weight is 487 g/mol. The van der Waals surface area contributed by atoms with Gasteiger partial charge in [0, 0.05) is 23.4 Å². The van der Waals surface area contributed by atoms with Crippen LogP contribution in [0.15, 0.2) is 48.5 Å². The van der Waals surface area contributed by atoms with Gasteiger partial charge in [0.1, 0.15) is 6.04 Å². The quantitative estimate of drug-likeness (QED) is 0.439. The Morgan fingerprint density at radius 2 is 1.67 bits per heavy atom. The van der Waals surface area contributed by atoms with Crippen LogP contribution in [0.1, 0.15) is 62.1 Å². The van der Waals surface area contributed by atoms with E-state index < -0.39 is 6.04 Å². The zero-order chi connectivity index (χ0) is 23.6. The van der Waals surface area contributed by atoms with E-state index in [1.807, 2.05) is 31.2 Å². The Bertz CT molecular complexity index is 895. The molecule has 1 N–H and O–H groups in total. The fourth-order valence-corrected chi connectivity index (χ4v) is 5.27. The fraction of sp³-hybridized carbons (Fsp3) is 0.481. The number of aryl methyl sites for hydroxylation is 1. The third kappa shape index (κ3) is 8.08. The molecule has 0 aliphatic heterocycles. The number of amides is 2. The molecule has 2 aromatic rings. The molecule has 0 spiro atoms. The lowest BCUT2D eigenvalue weighted by atomic mass is 9.95. The van der Waals surface area contributed by atoms with E-state index in [1.54, 1.807) is 16.7 Å². The van der Waals surface area contributed by atoms with Gasteiger partial charge in [0.2, 0.25) is 11.8 Å². The van der Waals surface area contributed by atoms with E-state index in [0.717, 1.165) is 37.0 Å². The minimum absolute atomic E-state index is 0.00675. The molecule has 0 heterocycles. The highest BCUT2D eigenvalue weighted by atomic mass is 35.5. The number of benzene rings is 2. The lowest BCUT2D eigenvalue weighted by Gasteiger charge is -2.32. The second kappa shape index (κ2) is 13.0. The van der Waals surface area contributed by atoms with Gasteiger partial charge < -0.3 is 10.2 Å². The average Bonchev–Trinajstić information content (AvgIpc) is 2.82. The van der Waals surface area contributed by atoms with Crippen molar-refractivity contribution < 1.29 is 9.59 Å². The monoisotopic (exact) mass is 486 g/mol. The van der Waals surface area contributed by atoms with Crippen LogP contribution in [0.4, 0.5) is 0 Å². The molecule has 1 saturated carbocycles. The van der Waals surface area contributed by atoms with Crippen molar-refractivity contribution in [2.45, 2.75) is 76.8 Å². The molecule has 1 fully saturated rings. The highest BCUT2D eigenvalue weighted by molar-refractivity contribution is 7.99. The summed E-state index contributed by atoms with van der Waals surface area (Å²) in [7, 11) is 0. The van der Waals surface area contributed by atoms with Crippen molar-refractivity contribution in [3.8, 4) is 0 Å². The predicted molar refractivity (Wildman–Crippen MR) is 138 cm³/mol. The molecule has 6 heteroatoms. The third-order valence-electron chi connectivity index (χ3n) is 6.22. The van der Waals surface area contributed by atoms with Gasteiger partial charge in [-0.15, -0.1) is 11.8 Å². The molecule has 1 aliphatic rings. The first kappa shape index (κ1) is 25.6. The van der Waals surface area contributed by atoms with Crippen molar-refractivity contribution in [1.82, 2.24) is 10.2 Å². The van der Waals surface area contributed by atoms with Gasteiger partial charge in [0.25, 0.3) is 0 Å². The van der Waals surface area contributed by atoms with Crippen molar-refractivity contribution in [2.75, 3.05) is 5.75 Å². The number of thioether (sulfide) groups is 1. The van der Waals surface area contributed by atoms with Crippen LogP contribution in [0.25, 0.3) is 0 Å². The number of carbonyl (C=O) groups excluding carboxylic acids is 2. The van der Waals surface area contributed by atoms with E-state index in [-0.39, 0.29) is 17.9 Å². The first-order valence-corrected chi connectivity index (χ1v) is 13.5. The Kier molecular flexibility index (Phi) is 10.1. The zero-order valence-electron chi connectivity index (χ0n) is 19.7. The highest BCUT2D eigenvalue weighted by Gasteiger charge is 2.30. The van der Waals surface area contributed by atoms with Gasteiger partial charge in [0.05, 0.1) is 5.75 Å². The van der Waals surface area contributed by atoms with E-state index in [4.69, 9.17) is 11.6 Å². The fourth-order valence-electron chi connectivity index (χ4n) is 4.27. The summed E-state index contributed by atoms with van der Waals surface area (Å²) in [5.41, 5.74) is 3.40. The van der Waals surface area contributed by atoms with Gasteiger partial charge in [-0.3, -0.25) is 9.59 Å². The molecule has 2 amide bonds. The highest BCUT2D eigenvalue weighted by Crippen LogP contribution is 2.21. The first-order chi connectivity index (χ1) is 16.0. The molecule has 0 radical (unpaired) electrons. The van der Waals surface area contributed by atoms with Crippen LogP contribution in [0.3, 0.4) is 0 Å². The number of carbonyl (C=O) groups is 2. The number of rotatable bonds is 10. The molecule has 2 aromatic carbocycles. The van der Waals surface area contributed by atoms with E-state index in [1.165, 1.54) is 17.5 Å². The molecule has 1 aliphatic carbocycles. The summed E-state index contributed by atoms with van der Waals surface area (Å²) in [6.45, 7) is 4.45. The Labute approximate surface area is 207 Å². The maximum absolute atomic E-state index is 13.4. The molecule has 178 valence electrons. The second-order valence-electron chi connectivity index (χ2n) is 8.89. The van der Waals surface area contributed by atoms with Crippen LogP contribution >= 0.6 is 23.4 Å². The molecule has 0 saturated heterocycles. The van der Waals surface area contributed by atoms with E-state index in [0.29, 0.717) is 23.7 Å². The number of halogens is 1. The molecular weight excluding hydrogens is 452 g/mol. The third-order valence-corrected chi connectivity index (χ3v) is 7.46. The number of nitrogens with one attached hydrogen (secondary N) is 1. The summed E-state index contributed by atoms with van der Waals surface area (Å²) >= 11 is 7.64.